The maximum atomic E-state index is 13.1. The molecule has 5 rings (SSSR count). The van der Waals surface area contributed by atoms with E-state index in [0.29, 0.717) is 29.2 Å². The van der Waals surface area contributed by atoms with Crippen LogP contribution in [0.25, 0.3) is 16.0 Å². The number of amides is 1. The van der Waals surface area contributed by atoms with Crippen LogP contribution >= 0.6 is 22.9 Å². The molecule has 1 aliphatic rings. The van der Waals surface area contributed by atoms with E-state index in [1.807, 2.05) is 0 Å². The van der Waals surface area contributed by atoms with Crippen LogP contribution in [0.5, 0.6) is 0 Å². The molecule has 4 heterocycles. The highest BCUT2D eigenvalue weighted by Crippen LogP contribution is 2.33. The molecule has 10 nitrogen and oxygen atoms in total. The third-order valence-electron chi connectivity index (χ3n) is 5.73. The molecule has 1 saturated carbocycles. The fourth-order valence-electron chi connectivity index (χ4n) is 3.75. The third kappa shape index (κ3) is 5.07. The minimum atomic E-state index is -3.47. The van der Waals surface area contributed by atoms with E-state index in [-0.39, 0.29) is 10.3 Å². The maximum Gasteiger partial charge on any atom is 0.280 e. The van der Waals surface area contributed by atoms with Crippen LogP contribution in [-0.2, 0) is 10.0 Å². The number of carbonyl (C=O) groups excluding carboxylic acids is 1. The zero-order valence-electron chi connectivity index (χ0n) is 19.3. The largest absolute Gasteiger partial charge is 0.388 e. The van der Waals surface area contributed by atoms with E-state index >= 15 is 0 Å². The zero-order chi connectivity index (χ0) is 25.7. The second kappa shape index (κ2) is 9.11. The quantitative estimate of drug-likeness (QED) is 0.306. The van der Waals surface area contributed by atoms with E-state index < -0.39 is 27.6 Å². The lowest BCUT2D eigenvalue weighted by atomic mass is 9.95. The molecule has 188 valence electrons. The minimum absolute atomic E-state index is 0.186. The predicted octanol–water partition coefficient (Wildman–Crippen LogP) is 3.65. The monoisotopic (exact) mass is 546 g/mol. The number of halogens is 1. The molecule has 0 aliphatic heterocycles. The number of anilines is 1. The lowest BCUT2D eigenvalue weighted by Crippen LogP contribution is -2.42. The maximum absolute atomic E-state index is 13.1. The molecular weight excluding hydrogens is 524 g/mol. The fourth-order valence-corrected chi connectivity index (χ4v) is 6.13. The summed E-state index contributed by atoms with van der Waals surface area (Å²) in [5.41, 5.74) is 0.780. The Bertz CT molecular complexity index is 1560. The van der Waals surface area contributed by atoms with Gasteiger partial charge < -0.3 is 10.4 Å². The lowest BCUT2D eigenvalue weighted by molar-refractivity contribution is 0.0330. The molecule has 0 bridgehead atoms. The normalized spacial score (nSPS) is 15.1. The van der Waals surface area contributed by atoms with Gasteiger partial charge in [-0.25, -0.2) is 17.9 Å². The highest BCUT2D eigenvalue weighted by Gasteiger charge is 2.36. The van der Waals surface area contributed by atoms with Crippen LogP contribution in [0.2, 0.25) is 5.02 Å². The van der Waals surface area contributed by atoms with Gasteiger partial charge in [-0.15, -0.1) is 11.3 Å². The SMILES string of the molecule is CC(C)(O)[C@H](NC(=O)c1ncc(-c2cnn3ccc(Cl)cc23)s1)c1cc(NS(=O)(=O)C2CC2)ccn1. The van der Waals surface area contributed by atoms with Gasteiger partial charge in [-0.1, -0.05) is 11.6 Å². The van der Waals surface area contributed by atoms with Crippen LogP contribution in [-0.4, -0.2) is 49.9 Å². The van der Waals surface area contributed by atoms with Crippen molar-refractivity contribution in [3.05, 3.63) is 64.8 Å². The number of hydrogen-bond acceptors (Lipinski definition) is 8. The molecule has 0 spiro atoms. The molecule has 1 amide bonds. The van der Waals surface area contributed by atoms with Gasteiger partial charge in [0.15, 0.2) is 5.01 Å². The standard InChI is InChI=1S/C23H23ClN6O4S2/c1-23(2,32)20(17-10-14(5-7-25-17)29-36(33,34)15-3-4-15)28-21(31)22-26-12-19(35-22)16-11-27-30-8-6-13(24)9-18(16)30/h5-12,15,20,32H,3-4H2,1-2H3,(H,25,29)(H,28,31)/t20-/m1/s1. The van der Waals surface area contributed by atoms with Crippen LogP contribution in [0.3, 0.4) is 0 Å². The number of pyridine rings is 2. The average molecular weight is 547 g/mol. The second-order valence-electron chi connectivity index (χ2n) is 9.14. The van der Waals surface area contributed by atoms with Crippen molar-refractivity contribution in [3.63, 3.8) is 0 Å². The van der Waals surface area contributed by atoms with E-state index in [1.165, 1.54) is 43.5 Å². The summed E-state index contributed by atoms with van der Waals surface area (Å²) in [6, 6.07) is 5.62. The third-order valence-corrected chi connectivity index (χ3v) is 8.86. The molecule has 4 aromatic heterocycles. The number of fused-ring (bicyclic) bond motifs is 1. The molecule has 0 radical (unpaired) electrons. The first-order valence-corrected chi connectivity index (χ1v) is 13.9. The second-order valence-corrected chi connectivity index (χ2v) is 12.6. The van der Waals surface area contributed by atoms with Gasteiger partial charge in [0.1, 0.15) is 0 Å². The summed E-state index contributed by atoms with van der Waals surface area (Å²) in [4.78, 5) is 22.4. The van der Waals surface area contributed by atoms with Gasteiger partial charge in [-0.3, -0.25) is 14.5 Å². The Morgan fingerprint density at radius 3 is 2.75 bits per heavy atom. The van der Waals surface area contributed by atoms with Crippen molar-refractivity contribution in [3.8, 4) is 10.4 Å². The summed E-state index contributed by atoms with van der Waals surface area (Å²) in [5.74, 6) is -0.501. The summed E-state index contributed by atoms with van der Waals surface area (Å²) in [5, 5.41) is 18.3. The molecular formula is C23H23ClN6O4S2. The molecule has 3 N–H and O–H groups in total. The van der Waals surface area contributed by atoms with Crippen LogP contribution in [0.15, 0.2) is 49.1 Å². The number of sulfonamides is 1. The van der Waals surface area contributed by atoms with Crippen LogP contribution in [0.4, 0.5) is 5.69 Å². The first-order valence-electron chi connectivity index (χ1n) is 11.1. The summed E-state index contributed by atoms with van der Waals surface area (Å²) in [6.45, 7) is 3.08. The van der Waals surface area contributed by atoms with Crippen LogP contribution in [0.1, 0.15) is 48.2 Å². The summed E-state index contributed by atoms with van der Waals surface area (Å²) in [7, 11) is -3.47. The Morgan fingerprint density at radius 1 is 1.25 bits per heavy atom. The van der Waals surface area contributed by atoms with Crippen molar-refractivity contribution < 1.29 is 18.3 Å². The van der Waals surface area contributed by atoms with E-state index in [1.54, 1.807) is 35.2 Å². The smallest absolute Gasteiger partial charge is 0.280 e. The van der Waals surface area contributed by atoms with Crippen molar-refractivity contribution in [1.82, 2.24) is 24.9 Å². The molecule has 13 heteroatoms. The summed E-state index contributed by atoms with van der Waals surface area (Å²) >= 11 is 7.30. The zero-order valence-corrected chi connectivity index (χ0v) is 21.7. The van der Waals surface area contributed by atoms with Crippen molar-refractivity contribution >= 4 is 50.1 Å². The van der Waals surface area contributed by atoms with Crippen LogP contribution in [0, 0.1) is 0 Å². The average Bonchev–Trinajstić information content (AvgIpc) is 3.43. The van der Waals surface area contributed by atoms with Gasteiger partial charge in [0.2, 0.25) is 10.0 Å². The molecule has 0 unspecified atom stereocenters. The topological polar surface area (TPSA) is 139 Å². The molecule has 1 atom stereocenters. The highest BCUT2D eigenvalue weighted by molar-refractivity contribution is 7.93. The highest BCUT2D eigenvalue weighted by atomic mass is 35.5. The lowest BCUT2D eigenvalue weighted by Gasteiger charge is -2.29. The van der Waals surface area contributed by atoms with Crippen molar-refractivity contribution in [1.29, 1.82) is 0 Å². The van der Waals surface area contributed by atoms with Crippen LogP contribution < -0.4 is 10.0 Å². The van der Waals surface area contributed by atoms with Crippen molar-refractivity contribution in [2.45, 2.75) is 43.6 Å². The minimum Gasteiger partial charge on any atom is -0.388 e. The van der Waals surface area contributed by atoms with Gasteiger partial charge in [-0.2, -0.15) is 5.10 Å². The van der Waals surface area contributed by atoms with E-state index in [0.717, 1.165) is 16.0 Å². The number of aromatic nitrogens is 4. The number of thiazole rings is 1. The number of nitrogens with one attached hydrogen (secondary N) is 2. The number of aliphatic hydroxyl groups is 1. The fraction of sp³-hybridized carbons (Fsp3) is 0.304. The van der Waals surface area contributed by atoms with E-state index in [2.05, 4.69) is 25.1 Å². The Kier molecular flexibility index (Phi) is 6.23. The van der Waals surface area contributed by atoms with Gasteiger partial charge in [-0.05, 0) is 51.0 Å². The number of rotatable bonds is 8. The van der Waals surface area contributed by atoms with Crippen molar-refractivity contribution in [2.24, 2.45) is 0 Å². The Hall–Kier alpha value is -3.06. The first-order chi connectivity index (χ1) is 17.0. The molecule has 36 heavy (non-hydrogen) atoms. The molecule has 1 aliphatic carbocycles. The number of hydrogen-bond donors (Lipinski definition) is 3. The van der Waals surface area contributed by atoms with Crippen molar-refractivity contribution in [2.75, 3.05) is 4.72 Å². The predicted molar refractivity (Wildman–Crippen MR) is 138 cm³/mol. The van der Waals surface area contributed by atoms with Gasteiger partial charge in [0, 0.05) is 29.2 Å². The van der Waals surface area contributed by atoms with E-state index in [4.69, 9.17) is 11.6 Å². The van der Waals surface area contributed by atoms with Gasteiger partial charge in [0.25, 0.3) is 5.91 Å². The molecule has 1 fully saturated rings. The molecule has 0 aromatic carbocycles. The Balaban J connectivity index is 1.39. The van der Waals surface area contributed by atoms with Gasteiger partial charge in [0.05, 0.1) is 44.9 Å². The Morgan fingerprint density at radius 2 is 2.03 bits per heavy atom. The summed E-state index contributed by atoms with van der Waals surface area (Å²) < 4.78 is 28.9. The molecule has 0 saturated heterocycles. The Labute approximate surface area is 216 Å². The summed E-state index contributed by atoms with van der Waals surface area (Å²) in [6.07, 6.45) is 7.71. The first kappa shape index (κ1) is 24.6. The number of nitrogens with zero attached hydrogens (tertiary/aromatic N) is 4. The van der Waals surface area contributed by atoms with Gasteiger partial charge >= 0.3 is 0 Å². The molecule has 4 aromatic rings. The van der Waals surface area contributed by atoms with E-state index in [9.17, 15) is 18.3 Å². The number of carbonyl (C=O) groups is 1.